The van der Waals surface area contributed by atoms with Gasteiger partial charge >= 0.3 is 18.5 Å². The molecule has 3 rings (SSSR count). The number of rotatable bonds is 5. The number of alkyl halides is 9. The van der Waals surface area contributed by atoms with E-state index in [9.17, 15) is 49.1 Å². The zero-order valence-electron chi connectivity index (χ0n) is 20.0. The second-order valence-electron chi connectivity index (χ2n) is 8.47. The van der Waals surface area contributed by atoms with Gasteiger partial charge in [0, 0.05) is 26.5 Å². The van der Waals surface area contributed by atoms with Gasteiger partial charge < -0.3 is 10.2 Å². The van der Waals surface area contributed by atoms with Gasteiger partial charge in [-0.05, 0) is 53.1 Å². The number of hydrogen-bond donors (Lipinski definition) is 1. The fourth-order valence-corrected chi connectivity index (χ4v) is 3.57. The van der Waals surface area contributed by atoms with Crippen molar-refractivity contribution in [2.24, 2.45) is 0 Å². The highest BCUT2D eigenvalue weighted by atomic mass is 19.4. The molecule has 1 aromatic heterocycles. The van der Waals surface area contributed by atoms with E-state index in [1.165, 1.54) is 26.4 Å². The summed E-state index contributed by atoms with van der Waals surface area (Å²) in [6.07, 6.45) is -12.8. The fourth-order valence-electron chi connectivity index (χ4n) is 3.57. The molecule has 1 heterocycles. The molecule has 0 aliphatic carbocycles. The lowest BCUT2D eigenvalue weighted by atomic mass is 9.97. The lowest BCUT2D eigenvalue weighted by molar-refractivity contribution is -0.143. The fraction of sp³-hybridized carbons (Fsp3) is 0.240. The largest absolute Gasteiger partial charge is 0.416 e. The van der Waals surface area contributed by atoms with Crippen LogP contribution in [0.25, 0.3) is 11.1 Å². The monoisotopic (exact) mass is 563 g/mol. The highest BCUT2D eigenvalue weighted by Gasteiger charge is 2.39. The SMILES string of the molecule is CN(C)C(=O)[C@@H](NC(=O)c1cnccc1-c1ccc(C(F)(F)F)cc1)c1cc(C(F)(F)F)cc(C(F)(F)F)c1. The summed E-state index contributed by atoms with van der Waals surface area (Å²) in [6, 6.07) is 3.46. The quantitative estimate of drug-likeness (QED) is 0.368. The van der Waals surface area contributed by atoms with Gasteiger partial charge in [-0.15, -0.1) is 0 Å². The summed E-state index contributed by atoms with van der Waals surface area (Å²) in [7, 11) is 2.36. The predicted molar refractivity (Wildman–Crippen MR) is 120 cm³/mol. The summed E-state index contributed by atoms with van der Waals surface area (Å²) in [4.78, 5) is 30.7. The van der Waals surface area contributed by atoms with Crippen LogP contribution < -0.4 is 5.32 Å². The summed E-state index contributed by atoms with van der Waals surface area (Å²) in [5, 5.41) is 2.15. The first-order valence-corrected chi connectivity index (χ1v) is 10.8. The number of halogens is 9. The zero-order valence-corrected chi connectivity index (χ0v) is 20.0. The predicted octanol–water partition coefficient (Wildman–Crippen LogP) is 6.36. The van der Waals surface area contributed by atoms with Gasteiger partial charge in [-0.1, -0.05) is 12.1 Å². The van der Waals surface area contributed by atoms with Gasteiger partial charge in [0.15, 0.2) is 0 Å². The van der Waals surface area contributed by atoms with Crippen LogP contribution in [0.15, 0.2) is 60.9 Å². The van der Waals surface area contributed by atoms with Gasteiger partial charge in [0.25, 0.3) is 5.91 Å². The molecule has 0 radical (unpaired) electrons. The summed E-state index contributed by atoms with van der Waals surface area (Å²) in [5.41, 5.74) is -5.25. The molecule has 0 fully saturated rings. The van der Waals surface area contributed by atoms with Crippen LogP contribution in [-0.2, 0) is 23.3 Å². The van der Waals surface area contributed by atoms with E-state index >= 15 is 0 Å². The molecule has 0 saturated carbocycles. The van der Waals surface area contributed by atoms with E-state index in [2.05, 4.69) is 10.3 Å². The Morgan fingerprint density at radius 1 is 0.769 bits per heavy atom. The molecule has 5 nitrogen and oxygen atoms in total. The molecule has 0 spiro atoms. The smallest absolute Gasteiger partial charge is 0.347 e. The van der Waals surface area contributed by atoms with Gasteiger partial charge in [0.1, 0.15) is 6.04 Å². The second-order valence-corrected chi connectivity index (χ2v) is 8.47. The van der Waals surface area contributed by atoms with Gasteiger partial charge in [0.05, 0.1) is 22.3 Å². The van der Waals surface area contributed by atoms with E-state index in [-0.39, 0.29) is 22.8 Å². The van der Waals surface area contributed by atoms with Crippen LogP contribution in [0.2, 0.25) is 0 Å². The lowest BCUT2D eigenvalue weighted by Gasteiger charge is -2.24. The Morgan fingerprint density at radius 2 is 1.28 bits per heavy atom. The molecule has 0 aliphatic rings. The Labute approximate surface area is 215 Å². The number of benzene rings is 2. The number of nitrogens with zero attached hydrogens (tertiary/aromatic N) is 2. The molecule has 39 heavy (non-hydrogen) atoms. The molecule has 0 bridgehead atoms. The normalized spacial score (nSPS) is 13.1. The Bertz CT molecular complexity index is 1330. The van der Waals surface area contributed by atoms with E-state index < -0.39 is 58.6 Å². The number of likely N-dealkylation sites (N-methyl/N-ethyl adjacent to an activating group) is 1. The molecule has 208 valence electrons. The van der Waals surface area contributed by atoms with Crippen LogP contribution in [0.3, 0.4) is 0 Å². The number of carbonyl (C=O) groups excluding carboxylic acids is 2. The minimum atomic E-state index is -5.20. The maximum Gasteiger partial charge on any atom is 0.416 e. The second kappa shape index (κ2) is 10.6. The number of pyridine rings is 1. The summed E-state index contributed by atoms with van der Waals surface area (Å²) < 4.78 is 119. The molecule has 1 N–H and O–H groups in total. The Hall–Kier alpha value is -4.10. The van der Waals surface area contributed by atoms with Crippen LogP contribution in [0.5, 0.6) is 0 Å². The molecule has 0 saturated heterocycles. The summed E-state index contributed by atoms with van der Waals surface area (Å²) in [5.74, 6) is -2.17. The number of amides is 2. The van der Waals surface area contributed by atoms with Crippen LogP contribution in [0.1, 0.15) is 38.7 Å². The molecular weight excluding hydrogens is 545 g/mol. The minimum Gasteiger partial charge on any atom is -0.347 e. The average Bonchev–Trinajstić information content (AvgIpc) is 2.85. The first kappa shape index (κ1) is 29.5. The number of nitrogens with one attached hydrogen (secondary N) is 1. The van der Waals surface area contributed by atoms with Crippen molar-refractivity contribution in [2.75, 3.05) is 14.1 Å². The van der Waals surface area contributed by atoms with Crippen molar-refractivity contribution in [2.45, 2.75) is 24.6 Å². The first-order valence-electron chi connectivity index (χ1n) is 10.8. The molecule has 14 heteroatoms. The van der Waals surface area contributed by atoms with E-state index in [1.54, 1.807) is 0 Å². The number of hydrogen-bond acceptors (Lipinski definition) is 3. The third-order valence-electron chi connectivity index (χ3n) is 5.50. The lowest BCUT2D eigenvalue weighted by Crippen LogP contribution is -2.40. The Morgan fingerprint density at radius 3 is 1.74 bits per heavy atom. The van der Waals surface area contributed by atoms with Gasteiger partial charge in [-0.2, -0.15) is 39.5 Å². The first-order chi connectivity index (χ1) is 17.9. The van der Waals surface area contributed by atoms with Crippen molar-refractivity contribution in [1.82, 2.24) is 15.2 Å². The van der Waals surface area contributed by atoms with Crippen LogP contribution >= 0.6 is 0 Å². The molecular formula is C25H18F9N3O2. The van der Waals surface area contributed by atoms with Crippen LogP contribution in [0, 0.1) is 0 Å². The molecule has 3 aromatic rings. The average molecular weight is 563 g/mol. The van der Waals surface area contributed by atoms with Crippen molar-refractivity contribution < 1.29 is 49.1 Å². The van der Waals surface area contributed by atoms with E-state index in [1.807, 2.05) is 0 Å². The molecule has 1 atom stereocenters. The van der Waals surface area contributed by atoms with Gasteiger partial charge in [-0.3, -0.25) is 14.6 Å². The van der Waals surface area contributed by atoms with Gasteiger partial charge in [-0.25, -0.2) is 0 Å². The molecule has 2 aromatic carbocycles. The highest BCUT2D eigenvalue weighted by Crippen LogP contribution is 2.38. The van der Waals surface area contributed by atoms with Crippen molar-refractivity contribution in [3.63, 3.8) is 0 Å². The molecule has 0 unspecified atom stereocenters. The minimum absolute atomic E-state index is 0.0484. The van der Waals surface area contributed by atoms with Crippen LogP contribution in [0.4, 0.5) is 39.5 Å². The zero-order chi connectivity index (χ0) is 29.3. The van der Waals surface area contributed by atoms with E-state index in [0.717, 1.165) is 35.4 Å². The number of aromatic nitrogens is 1. The Kier molecular flexibility index (Phi) is 7.99. The van der Waals surface area contributed by atoms with Crippen molar-refractivity contribution in [3.05, 3.63) is 88.7 Å². The van der Waals surface area contributed by atoms with Crippen LogP contribution in [-0.4, -0.2) is 35.8 Å². The number of carbonyl (C=O) groups is 2. The van der Waals surface area contributed by atoms with E-state index in [0.29, 0.717) is 12.1 Å². The highest BCUT2D eigenvalue weighted by molar-refractivity contribution is 6.02. The summed E-state index contributed by atoms with van der Waals surface area (Å²) >= 11 is 0. The maximum atomic E-state index is 13.4. The third kappa shape index (κ3) is 6.86. The van der Waals surface area contributed by atoms with Gasteiger partial charge in [0.2, 0.25) is 5.91 Å². The maximum absolute atomic E-state index is 13.4. The topological polar surface area (TPSA) is 62.3 Å². The standard InChI is InChI=1S/C25H18F9N3O2/c1-37(2)22(39)20(14-9-16(24(29,30)31)11-17(10-14)25(32,33)34)36-21(38)19-12-35-8-7-18(19)13-3-5-15(6-4-13)23(26,27)28/h3-12,20H,1-2H3,(H,36,38)/t20-/m0/s1. The molecule has 2 amide bonds. The third-order valence-corrected chi connectivity index (χ3v) is 5.50. The van der Waals surface area contributed by atoms with Crippen molar-refractivity contribution in [1.29, 1.82) is 0 Å². The van der Waals surface area contributed by atoms with E-state index in [4.69, 9.17) is 0 Å². The van der Waals surface area contributed by atoms with Crippen molar-refractivity contribution >= 4 is 11.8 Å². The summed E-state index contributed by atoms with van der Waals surface area (Å²) in [6.45, 7) is 0. The van der Waals surface area contributed by atoms with Crippen molar-refractivity contribution in [3.8, 4) is 11.1 Å². The Balaban J connectivity index is 2.08. The molecule has 0 aliphatic heterocycles.